The third-order valence-electron chi connectivity index (χ3n) is 3.14. The maximum Gasteiger partial charge on any atom is 0.329 e. The number of carbonyl (C=O) groups excluding carboxylic acids is 2. The van der Waals surface area contributed by atoms with Crippen molar-refractivity contribution >= 4 is 17.9 Å². The predicted molar refractivity (Wildman–Crippen MR) is 74.9 cm³/mol. The number of likely N-dealkylation sites (N-methyl/N-ethyl adjacent to an activating group) is 1. The van der Waals surface area contributed by atoms with Gasteiger partial charge < -0.3 is 25.0 Å². The molecule has 8 heteroatoms. The molecule has 0 aromatic carbocycles. The van der Waals surface area contributed by atoms with Crippen LogP contribution in [0, 0.1) is 0 Å². The number of amides is 3. The van der Waals surface area contributed by atoms with Crippen molar-refractivity contribution in [2.24, 2.45) is 0 Å². The van der Waals surface area contributed by atoms with E-state index in [0.29, 0.717) is 19.6 Å². The molecule has 21 heavy (non-hydrogen) atoms. The number of carboxylic acids is 1. The lowest BCUT2D eigenvalue weighted by Crippen LogP contribution is -2.65. The van der Waals surface area contributed by atoms with Gasteiger partial charge in [-0.25, -0.2) is 9.59 Å². The van der Waals surface area contributed by atoms with Crippen molar-refractivity contribution in [3.05, 3.63) is 0 Å². The van der Waals surface area contributed by atoms with Crippen molar-refractivity contribution in [3.63, 3.8) is 0 Å². The minimum Gasteiger partial charge on any atom is -0.480 e. The monoisotopic (exact) mass is 301 g/mol. The van der Waals surface area contributed by atoms with E-state index in [0.717, 1.165) is 6.42 Å². The van der Waals surface area contributed by atoms with Crippen LogP contribution in [0.4, 0.5) is 4.79 Å². The van der Waals surface area contributed by atoms with Crippen LogP contribution in [-0.2, 0) is 14.3 Å². The van der Waals surface area contributed by atoms with Crippen molar-refractivity contribution in [2.75, 3.05) is 39.8 Å². The summed E-state index contributed by atoms with van der Waals surface area (Å²) in [4.78, 5) is 36.9. The minimum absolute atomic E-state index is 0.00201. The number of ether oxygens (including phenoxy) is 1. The maximum absolute atomic E-state index is 12.1. The van der Waals surface area contributed by atoms with Gasteiger partial charge in [0.25, 0.3) is 0 Å². The van der Waals surface area contributed by atoms with Crippen LogP contribution in [0.5, 0.6) is 0 Å². The van der Waals surface area contributed by atoms with Crippen LogP contribution in [0.1, 0.15) is 20.3 Å². The minimum atomic E-state index is -1.04. The number of aliphatic carboxylic acids is 1. The van der Waals surface area contributed by atoms with Gasteiger partial charge in [-0.3, -0.25) is 4.79 Å². The Balaban J connectivity index is 2.34. The molecule has 0 unspecified atom stereocenters. The second-order valence-corrected chi connectivity index (χ2v) is 5.48. The number of hydrogen-bond donors (Lipinski definition) is 2. The van der Waals surface area contributed by atoms with Gasteiger partial charge in [-0.15, -0.1) is 0 Å². The van der Waals surface area contributed by atoms with E-state index in [1.165, 1.54) is 9.80 Å². The van der Waals surface area contributed by atoms with Gasteiger partial charge in [-0.1, -0.05) is 6.92 Å². The zero-order valence-electron chi connectivity index (χ0n) is 12.7. The van der Waals surface area contributed by atoms with Crippen molar-refractivity contribution in [3.8, 4) is 0 Å². The van der Waals surface area contributed by atoms with Gasteiger partial charge in [0.2, 0.25) is 5.91 Å². The molecule has 120 valence electrons. The SMILES string of the molecule is CCCNC(=O)CN(C)C(=O)N1CC(C)(OCC(=O)O)C1. The molecule has 1 aliphatic rings. The first-order valence-electron chi connectivity index (χ1n) is 6.90. The van der Waals surface area contributed by atoms with Crippen LogP contribution in [0.25, 0.3) is 0 Å². The smallest absolute Gasteiger partial charge is 0.329 e. The average molecular weight is 301 g/mol. The van der Waals surface area contributed by atoms with E-state index >= 15 is 0 Å². The largest absolute Gasteiger partial charge is 0.480 e. The molecule has 0 atom stereocenters. The van der Waals surface area contributed by atoms with Gasteiger partial charge in [0, 0.05) is 13.6 Å². The standard InChI is InChI=1S/C13H23N3O5/c1-4-5-14-10(17)6-15(3)12(20)16-8-13(2,9-16)21-7-11(18)19/h4-9H2,1-3H3,(H,14,17)(H,18,19). The highest BCUT2D eigenvalue weighted by Gasteiger charge is 2.43. The van der Waals surface area contributed by atoms with Crippen LogP contribution in [0.2, 0.25) is 0 Å². The lowest BCUT2D eigenvalue weighted by Gasteiger charge is -2.48. The van der Waals surface area contributed by atoms with E-state index in [-0.39, 0.29) is 25.1 Å². The Kier molecular flexibility index (Phi) is 5.95. The molecule has 0 saturated carbocycles. The highest BCUT2D eigenvalue weighted by atomic mass is 16.5. The molecule has 0 aromatic heterocycles. The summed E-state index contributed by atoms with van der Waals surface area (Å²) in [5.74, 6) is -1.23. The third kappa shape index (κ3) is 5.22. The molecule has 1 fully saturated rings. The molecule has 1 heterocycles. The van der Waals surface area contributed by atoms with Gasteiger partial charge in [-0.05, 0) is 13.3 Å². The Morgan fingerprint density at radius 3 is 2.52 bits per heavy atom. The first-order chi connectivity index (χ1) is 9.77. The molecular weight excluding hydrogens is 278 g/mol. The number of nitrogens with one attached hydrogen (secondary N) is 1. The van der Waals surface area contributed by atoms with Crippen molar-refractivity contribution < 1.29 is 24.2 Å². The first-order valence-corrected chi connectivity index (χ1v) is 6.90. The summed E-state index contributed by atoms with van der Waals surface area (Å²) in [6, 6.07) is -0.266. The molecule has 3 amide bonds. The Bertz CT molecular complexity index is 407. The van der Waals surface area contributed by atoms with Crippen LogP contribution in [-0.4, -0.2) is 78.2 Å². The molecule has 8 nitrogen and oxygen atoms in total. The van der Waals surface area contributed by atoms with E-state index < -0.39 is 11.6 Å². The molecule has 1 rings (SSSR count). The Hall–Kier alpha value is -1.83. The Labute approximate surface area is 124 Å². The van der Waals surface area contributed by atoms with Gasteiger partial charge >= 0.3 is 12.0 Å². The molecule has 0 bridgehead atoms. The first kappa shape index (κ1) is 17.2. The van der Waals surface area contributed by atoms with E-state index in [1.54, 1.807) is 14.0 Å². The van der Waals surface area contributed by atoms with Gasteiger partial charge in [0.15, 0.2) is 0 Å². The molecule has 0 aromatic rings. The van der Waals surface area contributed by atoms with E-state index in [1.807, 2.05) is 6.92 Å². The highest BCUT2D eigenvalue weighted by molar-refractivity contribution is 5.84. The van der Waals surface area contributed by atoms with Crippen LogP contribution >= 0.6 is 0 Å². The molecule has 2 N–H and O–H groups in total. The summed E-state index contributed by atoms with van der Waals surface area (Å²) in [5, 5.41) is 11.3. The lowest BCUT2D eigenvalue weighted by molar-refractivity contribution is -0.160. The summed E-state index contributed by atoms with van der Waals surface area (Å²) in [6.07, 6.45) is 0.842. The number of carboxylic acid groups (broad SMARTS) is 1. The fourth-order valence-electron chi connectivity index (χ4n) is 2.07. The maximum atomic E-state index is 12.1. The molecule has 0 radical (unpaired) electrons. The molecular formula is C13H23N3O5. The molecule has 0 spiro atoms. The zero-order valence-corrected chi connectivity index (χ0v) is 12.7. The summed E-state index contributed by atoms with van der Waals surface area (Å²) in [7, 11) is 1.56. The second-order valence-electron chi connectivity index (χ2n) is 5.48. The van der Waals surface area contributed by atoms with Gasteiger partial charge in [-0.2, -0.15) is 0 Å². The van der Waals surface area contributed by atoms with Gasteiger partial charge in [0.1, 0.15) is 18.8 Å². The topological polar surface area (TPSA) is 99.2 Å². The highest BCUT2D eigenvalue weighted by Crippen LogP contribution is 2.25. The third-order valence-corrected chi connectivity index (χ3v) is 3.14. The zero-order chi connectivity index (χ0) is 16.0. The normalized spacial score (nSPS) is 16.0. The summed E-state index contributed by atoms with van der Waals surface area (Å²) >= 11 is 0. The number of nitrogens with zero attached hydrogens (tertiary/aromatic N) is 2. The summed E-state index contributed by atoms with van der Waals surface area (Å²) in [5.41, 5.74) is -0.626. The second kappa shape index (κ2) is 7.26. The van der Waals surface area contributed by atoms with Gasteiger partial charge in [0.05, 0.1) is 13.1 Å². The van der Waals surface area contributed by atoms with Crippen molar-refractivity contribution in [1.29, 1.82) is 0 Å². The fraction of sp³-hybridized carbons (Fsp3) is 0.769. The Morgan fingerprint density at radius 2 is 2.00 bits per heavy atom. The van der Waals surface area contributed by atoms with E-state index in [9.17, 15) is 14.4 Å². The number of likely N-dealkylation sites (tertiary alicyclic amines) is 1. The number of urea groups is 1. The predicted octanol–water partition coefficient (Wildman–Crippen LogP) is -0.260. The van der Waals surface area contributed by atoms with E-state index in [2.05, 4.69) is 5.32 Å². The lowest BCUT2D eigenvalue weighted by atomic mass is 9.97. The molecule has 0 aliphatic carbocycles. The number of carbonyl (C=O) groups is 3. The van der Waals surface area contributed by atoms with Crippen LogP contribution in [0.15, 0.2) is 0 Å². The molecule has 1 aliphatic heterocycles. The van der Waals surface area contributed by atoms with Crippen molar-refractivity contribution in [2.45, 2.75) is 25.9 Å². The quantitative estimate of drug-likeness (QED) is 0.675. The van der Waals surface area contributed by atoms with Crippen LogP contribution < -0.4 is 5.32 Å². The number of hydrogen-bond acceptors (Lipinski definition) is 4. The number of rotatable bonds is 7. The summed E-state index contributed by atoms with van der Waals surface area (Å²) in [6.45, 7) is 4.56. The average Bonchev–Trinajstić information content (AvgIpc) is 2.38. The summed E-state index contributed by atoms with van der Waals surface area (Å²) < 4.78 is 5.23. The van der Waals surface area contributed by atoms with Crippen molar-refractivity contribution in [1.82, 2.24) is 15.1 Å². The Morgan fingerprint density at radius 1 is 1.38 bits per heavy atom. The fourth-order valence-corrected chi connectivity index (χ4v) is 2.07. The van der Waals surface area contributed by atoms with Crippen LogP contribution in [0.3, 0.4) is 0 Å². The molecule has 1 saturated heterocycles. The van der Waals surface area contributed by atoms with E-state index in [4.69, 9.17) is 9.84 Å².